The number of pyridine rings is 2. The van der Waals surface area contributed by atoms with Gasteiger partial charge in [-0.3, -0.25) is 9.78 Å². The second-order valence-corrected chi connectivity index (χ2v) is 6.48. The van der Waals surface area contributed by atoms with Crippen LogP contribution in [0.25, 0.3) is 10.9 Å². The van der Waals surface area contributed by atoms with Crippen LogP contribution in [-0.4, -0.2) is 19.3 Å². The highest BCUT2D eigenvalue weighted by Gasteiger charge is 2.12. The first kappa shape index (κ1) is 16.3. The second-order valence-electron chi connectivity index (χ2n) is 6.48. The first-order chi connectivity index (χ1) is 12.6. The highest BCUT2D eigenvalue weighted by atomic mass is 16.5. The molecule has 0 amide bonds. The standard InChI is InChI=1S/C20H20N4O2/c1-14-18(15(2)26-22-14)7-11-23-9-5-17-6-10-24(19(17)20(23)25)13-16-4-3-8-21-12-16/h3-6,8-10,12H,7,11,13H2,1-2H3. The van der Waals surface area contributed by atoms with Gasteiger partial charge in [-0.15, -0.1) is 0 Å². The van der Waals surface area contributed by atoms with Crippen LogP contribution in [-0.2, 0) is 19.5 Å². The first-order valence-electron chi connectivity index (χ1n) is 8.62. The minimum Gasteiger partial charge on any atom is -0.361 e. The molecule has 0 aliphatic rings. The van der Waals surface area contributed by atoms with E-state index in [9.17, 15) is 4.79 Å². The number of hydrogen-bond acceptors (Lipinski definition) is 4. The van der Waals surface area contributed by atoms with Gasteiger partial charge in [-0.05, 0) is 44.0 Å². The van der Waals surface area contributed by atoms with E-state index in [4.69, 9.17) is 4.52 Å². The maximum atomic E-state index is 13.0. The molecule has 0 unspecified atom stereocenters. The van der Waals surface area contributed by atoms with Crippen molar-refractivity contribution in [2.45, 2.75) is 33.4 Å². The van der Waals surface area contributed by atoms with Crippen LogP contribution < -0.4 is 5.56 Å². The smallest absolute Gasteiger partial charge is 0.275 e. The molecule has 0 saturated heterocycles. The molecule has 0 atom stereocenters. The number of nitrogens with zero attached hydrogens (tertiary/aromatic N) is 4. The monoisotopic (exact) mass is 348 g/mol. The van der Waals surface area contributed by atoms with E-state index in [2.05, 4.69) is 10.1 Å². The van der Waals surface area contributed by atoms with Crippen LogP contribution in [0.15, 0.2) is 58.4 Å². The van der Waals surface area contributed by atoms with E-state index in [-0.39, 0.29) is 5.56 Å². The molecule has 4 aromatic rings. The summed E-state index contributed by atoms with van der Waals surface area (Å²) < 4.78 is 8.95. The molecular weight excluding hydrogens is 328 g/mol. The fourth-order valence-corrected chi connectivity index (χ4v) is 3.33. The number of rotatable bonds is 5. The number of hydrogen-bond donors (Lipinski definition) is 0. The van der Waals surface area contributed by atoms with Crippen molar-refractivity contribution >= 4 is 10.9 Å². The third kappa shape index (κ3) is 2.94. The lowest BCUT2D eigenvalue weighted by atomic mass is 10.1. The number of aryl methyl sites for hydroxylation is 3. The van der Waals surface area contributed by atoms with Gasteiger partial charge in [0.05, 0.1) is 5.69 Å². The van der Waals surface area contributed by atoms with Crippen LogP contribution in [0.1, 0.15) is 22.6 Å². The van der Waals surface area contributed by atoms with Crippen molar-refractivity contribution in [3.63, 3.8) is 0 Å². The average molecular weight is 348 g/mol. The van der Waals surface area contributed by atoms with Gasteiger partial charge >= 0.3 is 0 Å². The van der Waals surface area contributed by atoms with Crippen molar-refractivity contribution in [1.29, 1.82) is 0 Å². The van der Waals surface area contributed by atoms with E-state index in [1.807, 2.05) is 61.3 Å². The van der Waals surface area contributed by atoms with Crippen molar-refractivity contribution < 1.29 is 4.52 Å². The largest absolute Gasteiger partial charge is 0.361 e. The van der Waals surface area contributed by atoms with Crippen molar-refractivity contribution in [2.75, 3.05) is 0 Å². The zero-order chi connectivity index (χ0) is 18.1. The minimum absolute atomic E-state index is 0.0168. The molecule has 6 nitrogen and oxygen atoms in total. The lowest BCUT2D eigenvalue weighted by molar-refractivity contribution is 0.392. The summed E-state index contributed by atoms with van der Waals surface area (Å²) in [5.74, 6) is 0.816. The molecule has 0 radical (unpaired) electrons. The van der Waals surface area contributed by atoms with Gasteiger partial charge in [0, 0.05) is 48.8 Å². The summed E-state index contributed by atoms with van der Waals surface area (Å²) in [5, 5.41) is 4.93. The van der Waals surface area contributed by atoms with E-state index in [1.165, 1.54) is 0 Å². The Morgan fingerprint density at radius 1 is 1.12 bits per heavy atom. The summed E-state index contributed by atoms with van der Waals surface area (Å²) in [6, 6.07) is 7.89. The Morgan fingerprint density at radius 2 is 1.92 bits per heavy atom. The van der Waals surface area contributed by atoms with Crippen LogP contribution in [0.5, 0.6) is 0 Å². The third-order valence-corrected chi connectivity index (χ3v) is 4.75. The molecule has 0 bridgehead atoms. The average Bonchev–Trinajstić information content (AvgIpc) is 3.20. The molecule has 26 heavy (non-hydrogen) atoms. The predicted molar refractivity (Wildman–Crippen MR) is 99.2 cm³/mol. The van der Waals surface area contributed by atoms with E-state index in [0.717, 1.165) is 39.9 Å². The van der Waals surface area contributed by atoms with Gasteiger partial charge in [-0.2, -0.15) is 0 Å². The molecule has 0 N–H and O–H groups in total. The van der Waals surface area contributed by atoms with Gasteiger partial charge in [-0.1, -0.05) is 11.2 Å². The predicted octanol–water partition coefficient (Wildman–Crippen LogP) is 3.09. The molecule has 6 heteroatoms. The molecule has 4 rings (SSSR count). The summed E-state index contributed by atoms with van der Waals surface area (Å²) in [6.45, 7) is 5.05. The molecule has 4 aromatic heterocycles. The van der Waals surface area contributed by atoms with Gasteiger partial charge < -0.3 is 13.7 Å². The van der Waals surface area contributed by atoms with Crippen LogP contribution in [0.4, 0.5) is 0 Å². The fourth-order valence-electron chi connectivity index (χ4n) is 3.33. The zero-order valence-corrected chi connectivity index (χ0v) is 14.8. The van der Waals surface area contributed by atoms with Crippen LogP contribution >= 0.6 is 0 Å². The topological polar surface area (TPSA) is 65.8 Å². The van der Waals surface area contributed by atoms with E-state index < -0.39 is 0 Å². The van der Waals surface area contributed by atoms with Crippen molar-refractivity contribution in [1.82, 2.24) is 19.3 Å². The Kier molecular flexibility index (Phi) is 4.16. The SMILES string of the molecule is Cc1noc(C)c1CCn1ccc2ccn(Cc3cccnc3)c2c1=O. The van der Waals surface area contributed by atoms with Crippen molar-refractivity contribution in [2.24, 2.45) is 0 Å². The fraction of sp³-hybridized carbons (Fsp3) is 0.250. The van der Waals surface area contributed by atoms with Gasteiger partial charge in [0.1, 0.15) is 11.3 Å². The molecule has 0 aliphatic carbocycles. The lowest BCUT2D eigenvalue weighted by Gasteiger charge is -2.09. The molecule has 0 aromatic carbocycles. The first-order valence-corrected chi connectivity index (χ1v) is 8.62. The van der Waals surface area contributed by atoms with Crippen molar-refractivity contribution in [3.05, 3.63) is 82.0 Å². The minimum atomic E-state index is 0.0168. The Labute approximate surface area is 150 Å². The molecule has 4 heterocycles. The Hall–Kier alpha value is -3.15. The third-order valence-electron chi connectivity index (χ3n) is 4.75. The Balaban J connectivity index is 1.66. The zero-order valence-electron chi connectivity index (χ0n) is 14.8. The van der Waals surface area contributed by atoms with Crippen LogP contribution in [0.2, 0.25) is 0 Å². The summed E-state index contributed by atoms with van der Waals surface area (Å²) in [7, 11) is 0. The van der Waals surface area contributed by atoms with Gasteiger partial charge in [0.2, 0.25) is 0 Å². The Morgan fingerprint density at radius 3 is 2.62 bits per heavy atom. The summed E-state index contributed by atoms with van der Waals surface area (Å²) in [5.41, 5.74) is 3.76. The number of fused-ring (bicyclic) bond motifs is 1. The molecule has 0 saturated carbocycles. The van der Waals surface area contributed by atoms with Crippen LogP contribution in [0, 0.1) is 13.8 Å². The summed E-state index contributed by atoms with van der Waals surface area (Å²) in [4.78, 5) is 17.2. The highest BCUT2D eigenvalue weighted by Crippen LogP contribution is 2.16. The van der Waals surface area contributed by atoms with Gasteiger partial charge in [0.15, 0.2) is 0 Å². The van der Waals surface area contributed by atoms with Crippen LogP contribution in [0.3, 0.4) is 0 Å². The maximum absolute atomic E-state index is 13.0. The van der Waals surface area contributed by atoms with Gasteiger partial charge in [0.25, 0.3) is 5.56 Å². The molecule has 0 fully saturated rings. The lowest BCUT2D eigenvalue weighted by Crippen LogP contribution is -2.22. The Bertz CT molecular complexity index is 1090. The molecule has 132 valence electrons. The summed E-state index contributed by atoms with van der Waals surface area (Å²) >= 11 is 0. The normalized spacial score (nSPS) is 11.3. The second kappa shape index (κ2) is 6.63. The maximum Gasteiger partial charge on any atom is 0.275 e. The van der Waals surface area contributed by atoms with Crippen molar-refractivity contribution in [3.8, 4) is 0 Å². The number of aromatic nitrogens is 4. The van der Waals surface area contributed by atoms with E-state index in [0.29, 0.717) is 13.1 Å². The quantitative estimate of drug-likeness (QED) is 0.556. The van der Waals surface area contributed by atoms with Gasteiger partial charge in [-0.25, -0.2) is 0 Å². The van der Waals surface area contributed by atoms with E-state index in [1.54, 1.807) is 10.8 Å². The molecule has 0 spiro atoms. The summed E-state index contributed by atoms with van der Waals surface area (Å²) in [6.07, 6.45) is 8.11. The van der Waals surface area contributed by atoms with E-state index >= 15 is 0 Å². The molecule has 0 aliphatic heterocycles. The highest BCUT2D eigenvalue weighted by molar-refractivity contribution is 5.79. The molecular formula is C20H20N4O2.